The topological polar surface area (TPSA) is 93.5 Å². The number of nitrogens with zero attached hydrogens (tertiary/aromatic N) is 3. The van der Waals surface area contributed by atoms with E-state index in [1.807, 2.05) is 0 Å². The normalized spacial score (nSPS) is 11.6. The predicted molar refractivity (Wildman–Crippen MR) is 94.2 cm³/mol. The van der Waals surface area contributed by atoms with Gasteiger partial charge in [-0.05, 0) is 26.0 Å². The van der Waals surface area contributed by atoms with Crippen molar-refractivity contribution in [2.75, 3.05) is 26.5 Å². The zero-order valence-corrected chi connectivity index (χ0v) is 15.7. The molecular formula is C16H22N4O4S. The van der Waals surface area contributed by atoms with Crippen LogP contribution in [0.25, 0.3) is 0 Å². The molecule has 1 amide bonds. The van der Waals surface area contributed by atoms with Crippen molar-refractivity contribution < 1.29 is 17.9 Å². The van der Waals surface area contributed by atoms with Gasteiger partial charge in [0.05, 0.1) is 18.5 Å². The van der Waals surface area contributed by atoms with Crippen molar-refractivity contribution in [2.24, 2.45) is 0 Å². The fourth-order valence-electron chi connectivity index (χ4n) is 2.43. The maximum atomic E-state index is 12.4. The number of sulfonamides is 1. The first-order valence-electron chi connectivity index (χ1n) is 7.57. The van der Waals surface area contributed by atoms with Crippen LogP contribution in [0.1, 0.15) is 11.4 Å². The van der Waals surface area contributed by atoms with Crippen LogP contribution in [-0.4, -0.2) is 49.6 Å². The van der Waals surface area contributed by atoms with Gasteiger partial charge in [0.1, 0.15) is 17.2 Å². The van der Waals surface area contributed by atoms with Gasteiger partial charge in [0, 0.05) is 25.8 Å². The van der Waals surface area contributed by atoms with Gasteiger partial charge in [0.25, 0.3) is 0 Å². The molecule has 0 saturated heterocycles. The fourth-order valence-corrected chi connectivity index (χ4v) is 3.69. The van der Waals surface area contributed by atoms with Crippen molar-refractivity contribution in [3.8, 4) is 5.75 Å². The van der Waals surface area contributed by atoms with Crippen molar-refractivity contribution >= 4 is 21.6 Å². The molecule has 2 aromatic rings. The smallest absolute Gasteiger partial charge is 0.246 e. The lowest BCUT2D eigenvalue weighted by atomic mass is 10.3. The van der Waals surface area contributed by atoms with Crippen molar-refractivity contribution in [3.63, 3.8) is 0 Å². The molecule has 0 fully saturated rings. The maximum absolute atomic E-state index is 12.4. The van der Waals surface area contributed by atoms with E-state index in [1.165, 1.54) is 18.8 Å². The number of aryl methyl sites for hydroxylation is 1. The van der Waals surface area contributed by atoms with Crippen LogP contribution in [-0.2, 0) is 21.4 Å². The zero-order chi connectivity index (χ0) is 18.8. The van der Waals surface area contributed by atoms with Crippen molar-refractivity contribution in [1.82, 2.24) is 14.1 Å². The Morgan fingerprint density at radius 1 is 1.32 bits per heavy atom. The van der Waals surface area contributed by atoms with E-state index in [4.69, 9.17) is 4.74 Å². The molecule has 136 valence electrons. The molecule has 2 rings (SSSR count). The number of benzene rings is 1. The van der Waals surface area contributed by atoms with Crippen LogP contribution in [0.15, 0.2) is 29.2 Å². The molecule has 0 aliphatic rings. The van der Waals surface area contributed by atoms with E-state index in [1.54, 1.807) is 45.2 Å². The summed E-state index contributed by atoms with van der Waals surface area (Å²) in [5, 5.41) is 6.94. The van der Waals surface area contributed by atoms with Gasteiger partial charge in [-0.25, -0.2) is 12.7 Å². The van der Waals surface area contributed by atoms with Gasteiger partial charge in [-0.1, -0.05) is 6.07 Å². The van der Waals surface area contributed by atoms with Gasteiger partial charge in [0.2, 0.25) is 15.9 Å². The molecule has 0 radical (unpaired) electrons. The predicted octanol–water partition coefficient (Wildman–Crippen LogP) is 1.40. The standard InChI is InChI=1S/C16H22N4O4S/c1-11-16(25(22,23)19(3)4)12(2)20(18-11)10-15(21)17-13-7-6-8-14(9-13)24-5/h6-9H,10H2,1-5H3,(H,17,21). The second kappa shape index (κ2) is 7.24. The number of methoxy groups -OCH3 is 1. The number of hydrogen-bond acceptors (Lipinski definition) is 5. The van der Waals surface area contributed by atoms with Crippen LogP contribution in [0, 0.1) is 13.8 Å². The number of carbonyl (C=O) groups is 1. The van der Waals surface area contributed by atoms with Crippen LogP contribution < -0.4 is 10.1 Å². The number of nitrogens with one attached hydrogen (secondary N) is 1. The van der Waals surface area contributed by atoms with E-state index in [2.05, 4.69) is 10.4 Å². The van der Waals surface area contributed by atoms with Gasteiger partial charge >= 0.3 is 0 Å². The molecule has 1 heterocycles. The number of hydrogen-bond donors (Lipinski definition) is 1. The SMILES string of the molecule is COc1cccc(NC(=O)Cn2nc(C)c(S(=O)(=O)N(C)C)c2C)c1. The van der Waals surface area contributed by atoms with E-state index in [-0.39, 0.29) is 17.3 Å². The minimum absolute atomic E-state index is 0.0904. The van der Waals surface area contributed by atoms with Crippen molar-refractivity contribution in [3.05, 3.63) is 35.7 Å². The van der Waals surface area contributed by atoms with Crippen LogP contribution >= 0.6 is 0 Å². The Morgan fingerprint density at radius 3 is 2.60 bits per heavy atom. The molecule has 0 aliphatic heterocycles. The Morgan fingerprint density at radius 2 is 2.00 bits per heavy atom. The largest absolute Gasteiger partial charge is 0.497 e. The van der Waals surface area contributed by atoms with E-state index < -0.39 is 10.0 Å². The molecule has 1 N–H and O–H groups in total. The first-order chi connectivity index (χ1) is 11.7. The number of aromatic nitrogens is 2. The molecule has 0 spiro atoms. The average Bonchev–Trinajstić information content (AvgIpc) is 2.81. The fraction of sp³-hybridized carbons (Fsp3) is 0.375. The number of carbonyl (C=O) groups excluding carboxylic acids is 1. The highest BCUT2D eigenvalue weighted by Gasteiger charge is 2.27. The van der Waals surface area contributed by atoms with Crippen molar-refractivity contribution in [1.29, 1.82) is 0 Å². The quantitative estimate of drug-likeness (QED) is 0.834. The third-order valence-electron chi connectivity index (χ3n) is 3.70. The van der Waals surface area contributed by atoms with Crippen LogP contribution in [0.3, 0.4) is 0 Å². The Bertz CT molecular complexity index is 888. The Labute approximate surface area is 147 Å². The van der Waals surface area contributed by atoms with Gasteiger partial charge in [-0.3, -0.25) is 9.48 Å². The highest BCUT2D eigenvalue weighted by molar-refractivity contribution is 7.89. The molecule has 8 nitrogen and oxygen atoms in total. The minimum atomic E-state index is -3.62. The summed E-state index contributed by atoms with van der Waals surface area (Å²) in [5.74, 6) is 0.316. The van der Waals surface area contributed by atoms with Crippen LogP contribution in [0.4, 0.5) is 5.69 Å². The Balaban J connectivity index is 2.22. The van der Waals surface area contributed by atoms with E-state index in [0.29, 0.717) is 22.8 Å². The Kier molecular flexibility index (Phi) is 5.48. The number of anilines is 1. The lowest BCUT2D eigenvalue weighted by Gasteiger charge is -2.12. The summed E-state index contributed by atoms with van der Waals surface area (Å²) in [6.45, 7) is 3.15. The lowest BCUT2D eigenvalue weighted by molar-refractivity contribution is -0.116. The van der Waals surface area contributed by atoms with E-state index in [9.17, 15) is 13.2 Å². The summed E-state index contributed by atoms with van der Waals surface area (Å²) in [6.07, 6.45) is 0. The minimum Gasteiger partial charge on any atom is -0.497 e. The summed E-state index contributed by atoms with van der Waals surface area (Å²) >= 11 is 0. The van der Waals surface area contributed by atoms with E-state index >= 15 is 0 Å². The Hall–Kier alpha value is -2.39. The first kappa shape index (κ1) is 18.9. The molecule has 25 heavy (non-hydrogen) atoms. The molecular weight excluding hydrogens is 344 g/mol. The number of ether oxygens (including phenoxy) is 1. The molecule has 0 unspecified atom stereocenters. The highest BCUT2D eigenvalue weighted by atomic mass is 32.2. The summed E-state index contributed by atoms with van der Waals surface area (Å²) in [7, 11) is 0.845. The molecule has 9 heteroatoms. The average molecular weight is 366 g/mol. The third kappa shape index (κ3) is 3.99. The monoisotopic (exact) mass is 366 g/mol. The van der Waals surface area contributed by atoms with Crippen LogP contribution in [0.2, 0.25) is 0 Å². The second-order valence-corrected chi connectivity index (χ2v) is 7.81. The number of amides is 1. The van der Waals surface area contributed by atoms with Crippen molar-refractivity contribution in [2.45, 2.75) is 25.3 Å². The van der Waals surface area contributed by atoms with E-state index in [0.717, 1.165) is 4.31 Å². The molecule has 0 aliphatic carbocycles. The summed E-state index contributed by atoms with van der Waals surface area (Å²) in [5.41, 5.74) is 1.37. The van der Waals surface area contributed by atoms with Gasteiger partial charge < -0.3 is 10.1 Å². The van der Waals surface area contributed by atoms with Gasteiger partial charge in [0.15, 0.2) is 0 Å². The molecule has 0 bridgehead atoms. The number of rotatable bonds is 6. The summed E-state index contributed by atoms with van der Waals surface area (Å²) in [6, 6.07) is 6.97. The summed E-state index contributed by atoms with van der Waals surface area (Å²) in [4.78, 5) is 12.4. The van der Waals surface area contributed by atoms with Crippen LogP contribution in [0.5, 0.6) is 5.75 Å². The molecule has 0 saturated carbocycles. The first-order valence-corrected chi connectivity index (χ1v) is 9.01. The maximum Gasteiger partial charge on any atom is 0.246 e. The van der Waals surface area contributed by atoms with Gasteiger partial charge in [-0.2, -0.15) is 5.10 Å². The lowest BCUT2D eigenvalue weighted by Crippen LogP contribution is -2.24. The third-order valence-corrected chi connectivity index (χ3v) is 5.77. The molecule has 0 atom stereocenters. The zero-order valence-electron chi connectivity index (χ0n) is 14.9. The second-order valence-electron chi connectivity index (χ2n) is 5.73. The highest BCUT2D eigenvalue weighted by Crippen LogP contribution is 2.22. The van der Waals surface area contributed by atoms with Gasteiger partial charge in [-0.15, -0.1) is 0 Å². The molecule has 1 aromatic heterocycles. The summed E-state index contributed by atoms with van der Waals surface area (Å²) < 4.78 is 32.4. The molecule has 1 aromatic carbocycles.